The lowest BCUT2D eigenvalue weighted by Gasteiger charge is -2.32. The number of methoxy groups -OCH3 is 6. The fourth-order valence-electron chi connectivity index (χ4n) is 4.42. The van der Waals surface area contributed by atoms with E-state index >= 15 is 0 Å². The first-order valence-corrected chi connectivity index (χ1v) is 14.1. The molecular weight excluding hydrogens is 484 g/mol. The number of ether oxygens (including phenoxy) is 6. The van der Waals surface area contributed by atoms with Crippen molar-refractivity contribution in [2.24, 2.45) is 0 Å². The Kier molecular flexibility index (Phi) is 8.13. The molecule has 0 N–H and O–H groups in total. The normalized spacial score (nSPS) is 11.1. The molecule has 8 heteroatoms. The molecule has 0 heterocycles. The molecule has 188 valence electrons. The van der Waals surface area contributed by atoms with Crippen LogP contribution in [0.3, 0.4) is 0 Å². The van der Waals surface area contributed by atoms with Crippen LogP contribution < -0.4 is 44.0 Å². The molecule has 0 saturated carbocycles. The minimum absolute atomic E-state index is 0.625. The van der Waals surface area contributed by atoms with E-state index in [0.29, 0.717) is 17.2 Å². The first kappa shape index (κ1) is 26.6. The Balaban J connectivity index is 2.54. The maximum atomic E-state index is 7.95. The van der Waals surface area contributed by atoms with Crippen molar-refractivity contribution >= 4 is 34.0 Å². The SMILES string of the molecule is COc1cc(OC)c([Si](Cl)(c2cc(C)c(OC)cc2OC)c2cc(C)c(OC)cc2OC)cc1C. The van der Waals surface area contributed by atoms with Gasteiger partial charge in [-0.15, -0.1) is 11.1 Å². The molecule has 35 heavy (non-hydrogen) atoms. The summed E-state index contributed by atoms with van der Waals surface area (Å²) in [5.41, 5.74) is 2.82. The van der Waals surface area contributed by atoms with Crippen LogP contribution in [0.15, 0.2) is 36.4 Å². The maximum Gasteiger partial charge on any atom is 0.258 e. The second-order valence-electron chi connectivity index (χ2n) is 8.22. The van der Waals surface area contributed by atoms with E-state index in [1.807, 2.05) is 57.2 Å². The highest BCUT2D eigenvalue weighted by molar-refractivity contribution is 7.41. The zero-order chi connectivity index (χ0) is 25.9. The van der Waals surface area contributed by atoms with Crippen LogP contribution in [0.25, 0.3) is 0 Å². The Hall–Kier alpha value is -3.03. The molecular formula is C27H33ClO6Si. The van der Waals surface area contributed by atoms with Gasteiger partial charge in [0.15, 0.2) is 0 Å². The lowest BCUT2D eigenvalue weighted by Crippen LogP contribution is -2.64. The van der Waals surface area contributed by atoms with Crippen molar-refractivity contribution in [2.75, 3.05) is 42.7 Å². The van der Waals surface area contributed by atoms with Gasteiger partial charge in [-0.3, -0.25) is 0 Å². The molecule has 0 aliphatic rings. The molecule has 3 aromatic carbocycles. The van der Waals surface area contributed by atoms with E-state index in [-0.39, 0.29) is 0 Å². The third-order valence-electron chi connectivity index (χ3n) is 6.26. The molecule has 0 fully saturated rings. The summed E-state index contributed by atoms with van der Waals surface area (Å²) in [6.07, 6.45) is 0. The van der Waals surface area contributed by atoms with E-state index in [4.69, 9.17) is 39.5 Å². The number of halogens is 1. The molecule has 0 aromatic heterocycles. The molecule has 3 aromatic rings. The van der Waals surface area contributed by atoms with Crippen molar-refractivity contribution in [2.45, 2.75) is 20.8 Å². The second kappa shape index (κ2) is 10.7. The number of aryl methyl sites for hydroxylation is 3. The summed E-state index contributed by atoms with van der Waals surface area (Å²) in [4.78, 5) is 0. The summed E-state index contributed by atoms with van der Waals surface area (Å²) >= 11 is 7.95. The zero-order valence-electron chi connectivity index (χ0n) is 21.8. The van der Waals surface area contributed by atoms with Gasteiger partial charge in [0.25, 0.3) is 7.38 Å². The Morgan fingerprint density at radius 2 is 0.657 bits per heavy atom. The Morgan fingerprint density at radius 3 is 0.857 bits per heavy atom. The largest absolute Gasteiger partial charge is 0.497 e. The minimum Gasteiger partial charge on any atom is -0.497 e. The number of hydrogen-bond donors (Lipinski definition) is 0. The Bertz CT molecular complexity index is 1080. The molecule has 0 radical (unpaired) electrons. The van der Waals surface area contributed by atoms with Gasteiger partial charge in [-0.1, -0.05) is 18.2 Å². The molecule has 3 rings (SSSR count). The van der Waals surface area contributed by atoms with Crippen molar-refractivity contribution in [3.8, 4) is 34.5 Å². The summed E-state index contributed by atoms with van der Waals surface area (Å²) in [6, 6.07) is 11.7. The van der Waals surface area contributed by atoms with E-state index in [1.54, 1.807) is 42.7 Å². The lowest BCUT2D eigenvalue weighted by molar-refractivity contribution is 0.393. The third-order valence-corrected chi connectivity index (χ3v) is 11.5. The van der Waals surface area contributed by atoms with Crippen LogP contribution in [-0.4, -0.2) is 50.0 Å². The summed E-state index contributed by atoms with van der Waals surface area (Å²) < 4.78 is 34.3. The topological polar surface area (TPSA) is 55.4 Å². The smallest absolute Gasteiger partial charge is 0.258 e. The number of hydrogen-bond acceptors (Lipinski definition) is 6. The average molecular weight is 517 g/mol. The van der Waals surface area contributed by atoms with Gasteiger partial charge in [-0.2, -0.15) is 0 Å². The first-order valence-electron chi connectivity index (χ1n) is 11.1. The molecule has 6 nitrogen and oxygen atoms in total. The molecule has 0 aliphatic heterocycles. The monoisotopic (exact) mass is 516 g/mol. The Morgan fingerprint density at radius 1 is 0.429 bits per heavy atom. The number of benzene rings is 3. The molecule has 0 spiro atoms. The summed E-state index contributed by atoms with van der Waals surface area (Å²) in [5.74, 6) is 4.03. The molecule has 0 aliphatic carbocycles. The van der Waals surface area contributed by atoms with Gasteiger partial charge in [-0.05, 0) is 37.5 Å². The predicted molar refractivity (Wildman–Crippen MR) is 143 cm³/mol. The van der Waals surface area contributed by atoms with E-state index in [1.165, 1.54) is 0 Å². The van der Waals surface area contributed by atoms with Gasteiger partial charge in [-0.25, -0.2) is 0 Å². The standard InChI is InChI=1S/C27H33ClO6Si/c1-16-10-25(22(32-7)13-19(16)29-4)35(28,26-11-17(2)20(30-5)14-23(26)33-8)27-12-18(3)21(31-6)15-24(27)34-9/h10-15H,1-9H3. The van der Waals surface area contributed by atoms with Crippen molar-refractivity contribution in [3.63, 3.8) is 0 Å². The van der Waals surface area contributed by atoms with E-state index < -0.39 is 7.38 Å². The lowest BCUT2D eigenvalue weighted by atomic mass is 10.2. The molecule has 0 unspecified atom stereocenters. The minimum atomic E-state index is -3.35. The Labute approximate surface area is 213 Å². The summed E-state index contributed by atoms with van der Waals surface area (Å²) in [5, 5.41) is 2.56. The predicted octanol–water partition coefficient (Wildman–Crippen LogP) is 3.87. The van der Waals surface area contributed by atoms with Gasteiger partial charge < -0.3 is 28.4 Å². The average Bonchev–Trinajstić information content (AvgIpc) is 2.87. The highest BCUT2D eigenvalue weighted by Crippen LogP contribution is 2.34. The highest BCUT2D eigenvalue weighted by Gasteiger charge is 2.46. The van der Waals surface area contributed by atoms with Crippen molar-refractivity contribution in [3.05, 3.63) is 53.1 Å². The second-order valence-corrected chi connectivity index (χ2v) is 12.9. The van der Waals surface area contributed by atoms with Crippen LogP contribution in [-0.2, 0) is 0 Å². The third kappa shape index (κ3) is 4.62. The van der Waals surface area contributed by atoms with Gasteiger partial charge in [0.05, 0.1) is 42.7 Å². The first-order chi connectivity index (χ1) is 16.7. The van der Waals surface area contributed by atoms with E-state index in [9.17, 15) is 0 Å². The van der Waals surface area contributed by atoms with E-state index in [0.717, 1.165) is 49.5 Å². The van der Waals surface area contributed by atoms with Crippen molar-refractivity contribution in [1.29, 1.82) is 0 Å². The van der Waals surface area contributed by atoms with Gasteiger partial charge >= 0.3 is 0 Å². The van der Waals surface area contributed by atoms with Crippen LogP contribution >= 0.6 is 11.1 Å². The van der Waals surface area contributed by atoms with Crippen LogP contribution in [0.5, 0.6) is 34.5 Å². The van der Waals surface area contributed by atoms with Gasteiger partial charge in [0.2, 0.25) is 0 Å². The number of rotatable bonds is 9. The van der Waals surface area contributed by atoms with Crippen molar-refractivity contribution < 1.29 is 28.4 Å². The molecule has 0 atom stereocenters. The van der Waals surface area contributed by atoms with Gasteiger partial charge in [0.1, 0.15) is 34.5 Å². The quantitative estimate of drug-likeness (QED) is 0.244. The highest BCUT2D eigenvalue weighted by atomic mass is 35.6. The van der Waals surface area contributed by atoms with Crippen LogP contribution in [0, 0.1) is 20.8 Å². The van der Waals surface area contributed by atoms with E-state index in [2.05, 4.69) is 0 Å². The molecule has 0 saturated heterocycles. The maximum absolute atomic E-state index is 7.95. The fraction of sp³-hybridized carbons (Fsp3) is 0.333. The zero-order valence-corrected chi connectivity index (χ0v) is 23.5. The summed E-state index contributed by atoms with van der Waals surface area (Å²) in [6.45, 7) is 5.96. The molecule has 0 bridgehead atoms. The van der Waals surface area contributed by atoms with Crippen LogP contribution in [0.2, 0.25) is 0 Å². The fourth-order valence-corrected chi connectivity index (χ4v) is 9.40. The van der Waals surface area contributed by atoms with Crippen molar-refractivity contribution in [1.82, 2.24) is 0 Å². The van der Waals surface area contributed by atoms with Gasteiger partial charge in [0, 0.05) is 33.8 Å². The van der Waals surface area contributed by atoms with Crippen LogP contribution in [0.4, 0.5) is 0 Å². The summed E-state index contributed by atoms with van der Waals surface area (Å²) in [7, 11) is 6.46. The van der Waals surface area contributed by atoms with Crippen LogP contribution in [0.1, 0.15) is 16.7 Å². The molecule has 0 amide bonds.